The highest BCUT2D eigenvalue weighted by Gasteiger charge is 2.15. The van der Waals surface area contributed by atoms with Crippen molar-refractivity contribution in [2.45, 2.75) is 25.7 Å². The second-order valence-corrected chi connectivity index (χ2v) is 8.59. The lowest BCUT2D eigenvalue weighted by molar-refractivity contribution is 0.0979. The number of nitrogens with zero attached hydrogens (tertiary/aromatic N) is 3. The zero-order valence-electron chi connectivity index (χ0n) is 19.5. The molecule has 5 aromatic rings. The molecule has 178 valence electrons. The number of ketones is 1. The maximum Gasteiger partial charge on any atom is 0.162 e. The molecule has 0 aliphatic rings. The summed E-state index contributed by atoms with van der Waals surface area (Å²) in [4.78, 5) is 26.8. The first-order valence-electron chi connectivity index (χ1n) is 11.8. The lowest BCUT2D eigenvalue weighted by Crippen LogP contribution is -2.02. The first kappa shape index (κ1) is 23.4. The minimum Gasteiger partial charge on any atom is -0.294 e. The third-order valence-electron chi connectivity index (χ3n) is 6.03. The number of unbranched alkanes of at least 4 members (excludes halogenated alkanes) is 1. The SMILES string of the molecule is O=C(CCCCc1ccccn1)c1ccc2nc(-c3ccc(F)cc3)c(-c3ccc(F)cc3)nc2c1. The molecule has 0 aliphatic heterocycles. The van der Waals surface area contributed by atoms with Gasteiger partial charge in [0, 0.05) is 35.0 Å². The van der Waals surface area contributed by atoms with E-state index in [9.17, 15) is 13.6 Å². The fraction of sp³-hybridized carbons (Fsp3) is 0.133. The highest BCUT2D eigenvalue weighted by Crippen LogP contribution is 2.31. The van der Waals surface area contributed by atoms with Crippen molar-refractivity contribution in [3.63, 3.8) is 0 Å². The Morgan fingerprint density at radius 2 is 1.33 bits per heavy atom. The fourth-order valence-corrected chi connectivity index (χ4v) is 4.13. The van der Waals surface area contributed by atoms with Crippen LogP contribution in [0.1, 0.15) is 35.3 Å². The number of rotatable bonds is 8. The largest absolute Gasteiger partial charge is 0.294 e. The predicted octanol–water partition coefficient (Wildman–Crippen LogP) is 7.23. The maximum atomic E-state index is 13.6. The summed E-state index contributed by atoms with van der Waals surface area (Å²) in [6.07, 6.45) is 4.70. The first-order valence-corrected chi connectivity index (χ1v) is 11.8. The quantitative estimate of drug-likeness (QED) is 0.174. The average molecular weight is 480 g/mol. The summed E-state index contributed by atoms with van der Waals surface area (Å²) < 4.78 is 27.1. The van der Waals surface area contributed by atoms with Gasteiger partial charge < -0.3 is 0 Å². The maximum absolute atomic E-state index is 13.6. The van der Waals surface area contributed by atoms with E-state index in [1.165, 1.54) is 24.3 Å². The zero-order valence-corrected chi connectivity index (χ0v) is 19.5. The summed E-state index contributed by atoms with van der Waals surface area (Å²) in [5, 5.41) is 0. The first-order chi connectivity index (χ1) is 17.6. The van der Waals surface area contributed by atoms with E-state index in [2.05, 4.69) is 4.98 Å². The van der Waals surface area contributed by atoms with Crippen molar-refractivity contribution < 1.29 is 13.6 Å². The molecule has 36 heavy (non-hydrogen) atoms. The van der Waals surface area contributed by atoms with Gasteiger partial charge in [-0.2, -0.15) is 0 Å². The van der Waals surface area contributed by atoms with Crippen LogP contribution in [0.5, 0.6) is 0 Å². The second kappa shape index (κ2) is 10.5. The Kier molecular flexibility index (Phi) is 6.85. The van der Waals surface area contributed by atoms with Crippen molar-refractivity contribution in [1.82, 2.24) is 15.0 Å². The van der Waals surface area contributed by atoms with Crippen LogP contribution in [-0.4, -0.2) is 20.7 Å². The van der Waals surface area contributed by atoms with E-state index in [-0.39, 0.29) is 17.4 Å². The fourth-order valence-electron chi connectivity index (χ4n) is 4.13. The summed E-state index contributed by atoms with van der Waals surface area (Å²) in [5.74, 6) is -0.656. The molecular weight excluding hydrogens is 456 g/mol. The third-order valence-corrected chi connectivity index (χ3v) is 6.03. The molecule has 6 heteroatoms. The molecule has 0 atom stereocenters. The van der Waals surface area contributed by atoms with Crippen molar-refractivity contribution in [2.24, 2.45) is 0 Å². The van der Waals surface area contributed by atoms with Crippen LogP contribution in [0.2, 0.25) is 0 Å². The lowest BCUT2D eigenvalue weighted by Gasteiger charge is -2.11. The van der Waals surface area contributed by atoms with E-state index in [1.54, 1.807) is 48.7 Å². The smallest absolute Gasteiger partial charge is 0.162 e. The van der Waals surface area contributed by atoms with Crippen LogP contribution in [0.4, 0.5) is 8.78 Å². The number of carbonyl (C=O) groups is 1. The number of aromatic nitrogens is 3. The highest BCUT2D eigenvalue weighted by molar-refractivity contribution is 5.99. The van der Waals surface area contributed by atoms with E-state index in [0.717, 1.165) is 25.0 Å². The molecule has 4 nitrogen and oxygen atoms in total. The summed E-state index contributed by atoms with van der Waals surface area (Å²) >= 11 is 0. The highest BCUT2D eigenvalue weighted by atomic mass is 19.1. The number of hydrogen-bond donors (Lipinski definition) is 0. The summed E-state index contributed by atoms with van der Waals surface area (Å²) in [6, 6.07) is 23.1. The third kappa shape index (κ3) is 5.33. The molecule has 0 saturated heterocycles. The number of Topliss-reactive ketones (excluding diaryl/α,β-unsaturated/α-hetero) is 1. The predicted molar refractivity (Wildman–Crippen MR) is 136 cm³/mol. The van der Waals surface area contributed by atoms with Crippen molar-refractivity contribution in [3.05, 3.63) is 114 Å². The molecule has 0 N–H and O–H groups in total. The van der Waals surface area contributed by atoms with E-state index in [1.807, 2.05) is 18.2 Å². The van der Waals surface area contributed by atoms with Crippen LogP contribution < -0.4 is 0 Å². The van der Waals surface area contributed by atoms with Gasteiger partial charge in [0.25, 0.3) is 0 Å². The summed E-state index contributed by atoms with van der Waals surface area (Å²) in [6.45, 7) is 0. The van der Waals surface area contributed by atoms with E-state index >= 15 is 0 Å². The Morgan fingerprint density at radius 1 is 0.694 bits per heavy atom. The lowest BCUT2D eigenvalue weighted by atomic mass is 10.0. The van der Waals surface area contributed by atoms with E-state index in [4.69, 9.17) is 9.97 Å². The molecule has 2 aromatic heterocycles. The normalized spacial score (nSPS) is 11.1. The van der Waals surface area contributed by atoms with Crippen LogP contribution in [-0.2, 0) is 6.42 Å². The molecule has 0 bridgehead atoms. The molecule has 2 heterocycles. The van der Waals surface area contributed by atoms with Crippen LogP contribution in [0, 0.1) is 11.6 Å². The number of hydrogen-bond acceptors (Lipinski definition) is 4. The van der Waals surface area contributed by atoms with Gasteiger partial charge in [-0.15, -0.1) is 0 Å². The molecule has 0 spiro atoms. The molecule has 0 saturated carbocycles. The Balaban J connectivity index is 1.43. The Hall–Kier alpha value is -4.32. The monoisotopic (exact) mass is 479 g/mol. The number of carbonyl (C=O) groups excluding carboxylic acids is 1. The minimum absolute atomic E-state index is 0.0469. The summed E-state index contributed by atoms with van der Waals surface area (Å²) in [5.41, 5.74) is 5.25. The van der Waals surface area contributed by atoms with Gasteiger partial charge in [-0.1, -0.05) is 6.07 Å². The number of benzene rings is 3. The molecular formula is C30H23F2N3O. The Labute approximate surface area is 207 Å². The molecule has 0 radical (unpaired) electrons. The average Bonchev–Trinajstić information content (AvgIpc) is 2.91. The van der Waals surface area contributed by atoms with Gasteiger partial charge in [-0.05, 0) is 98.1 Å². The van der Waals surface area contributed by atoms with Crippen molar-refractivity contribution in [1.29, 1.82) is 0 Å². The molecule has 3 aromatic carbocycles. The molecule has 5 rings (SSSR count). The minimum atomic E-state index is -0.355. The van der Waals surface area contributed by atoms with Gasteiger partial charge in [0.05, 0.1) is 22.4 Å². The standard InChI is InChI=1S/C30H23F2N3O/c31-23-13-8-20(9-14-23)29-30(21-10-15-24(32)16-11-21)35-27-19-22(12-17-26(27)34-29)28(36)7-2-1-5-25-6-3-4-18-33-25/h3-4,6,8-19H,1-2,5,7H2. The number of fused-ring (bicyclic) bond motifs is 1. The molecule has 0 aliphatic carbocycles. The van der Waals surface area contributed by atoms with E-state index in [0.29, 0.717) is 45.5 Å². The van der Waals surface area contributed by atoms with Gasteiger partial charge >= 0.3 is 0 Å². The van der Waals surface area contributed by atoms with Crippen LogP contribution in [0.3, 0.4) is 0 Å². The molecule has 0 amide bonds. The van der Waals surface area contributed by atoms with Crippen LogP contribution >= 0.6 is 0 Å². The van der Waals surface area contributed by atoms with Gasteiger partial charge in [-0.25, -0.2) is 18.7 Å². The van der Waals surface area contributed by atoms with Crippen molar-refractivity contribution >= 4 is 16.8 Å². The Bertz CT molecular complexity index is 1500. The number of halogens is 2. The molecule has 0 unspecified atom stereocenters. The van der Waals surface area contributed by atoms with Crippen molar-refractivity contribution in [3.8, 4) is 22.5 Å². The summed E-state index contributed by atoms with van der Waals surface area (Å²) in [7, 11) is 0. The van der Waals surface area contributed by atoms with Crippen molar-refractivity contribution in [2.75, 3.05) is 0 Å². The van der Waals surface area contributed by atoms with Gasteiger partial charge in [0.15, 0.2) is 5.78 Å². The van der Waals surface area contributed by atoms with Crippen LogP contribution in [0.15, 0.2) is 91.1 Å². The number of aryl methyl sites for hydroxylation is 1. The molecule has 0 fully saturated rings. The second-order valence-electron chi connectivity index (χ2n) is 8.59. The number of pyridine rings is 1. The Morgan fingerprint density at radius 3 is 1.94 bits per heavy atom. The topological polar surface area (TPSA) is 55.7 Å². The van der Waals surface area contributed by atoms with Crippen LogP contribution in [0.25, 0.3) is 33.5 Å². The zero-order chi connectivity index (χ0) is 24.9. The van der Waals surface area contributed by atoms with Gasteiger partial charge in [-0.3, -0.25) is 9.78 Å². The van der Waals surface area contributed by atoms with Gasteiger partial charge in [0.1, 0.15) is 11.6 Å². The van der Waals surface area contributed by atoms with E-state index < -0.39 is 0 Å². The van der Waals surface area contributed by atoms with Gasteiger partial charge in [0.2, 0.25) is 0 Å².